The standard InChI is InChI=1S/C13H18ClNO2/c14-12-4-2-1-3-11(12)13(16)9-15-10-5-7-17-8-6-10/h1-4,10,13,15-16H,5-9H2. The predicted molar refractivity (Wildman–Crippen MR) is 68.3 cm³/mol. The largest absolute Gasteiger partial charge is 0.387 e. The molecule has 94 valence electrons. The van der Waals surface area contributed by atoms with Gasteiger partial charge in [-0.3, -0.25) is 0 Å². The molecule has 1 aliphatic rings. The van der Waals surface area contributed by atoms with E-state index in [-0.39, 0.29) is 0 Å². The van der Waals surface area contributed by atoms with Gasteiger partial charge < -0.3 is 15.2 Å². The lowest BCUT2D eigenvalue weighted by molar-refractivity contribution is 0.0724. The Morgan fingerprint density at radius 1 is 1.35 bits per heavy atom. The fourth-order valence-electron chi connectivity index (χ4n) is 2.04. The molecule has 4 heteroatoms. The van der Waals surface area contributed by atoms with Gasteiger partial charge in [0, 0.05) is 36.4 Å². The molecular weight excluding hydrogens is 238 g/mol. The van der Waals surface area contributed by atoms with E-state index in [9.17, 15) is 5.11 Å². The fraction of sp³-hybridized carbons (Fsp3) is 0.538. The highest BCUT2D eigenvalue weighted by Crippen LogP contribution is 2.22. The average molecular weight is 256 g/mol. The lowest BCUT2D eigenvalue weighted by Crippen LogP contribution is -2.37. The second-order valence-corrected chi connectivity index (χ2v) is 4.74. The zero-order valence-electron chi connectivity index (χ0n) is 9.73. The van der Waals surface area contributed by atoms with Crippen molar-refractivity contribution >= 4 is 11.6 Å². The summed E-state index contributed by atoms with van der Waals surface area (Å²) >= 11 is 6.03. The topological polar surface area (TPSA) is 41.5 Å². The van der Waals surface area contributed by atoms with Crippen LogP contribution in [0.15, 0.2) is 24.3 Å². The van der Waals surface area contributed by atoms with Gasteiger partial charge in [-0.2, -0.15) is 0 Å². The van der Waals surface area contributed by atoms with Crippen LogP contribution in [0.25, 0.3) is 0 Å². The average Bonchev–Trinajstić information content (AvgIpc) is 2.38. The summed E-state index contributed by atoms with van der Waals surface area (Å²) in [5.41, 5.74) is 0.786. The van der Waals surface area contributed by atoms with Crippen molar-refractivity contribution in [2.24, 2.45) is 0 Å². The number of ether oxygens (including phenoxy) is 1. The Bertz CT molecular complexity index is 353. The second kappa shape index (κ2) is 6.36. The van der Waals surface area contributed by atoms with Crippen molar-refractivity contribution in [2.45, 2.75) is 25.0 Å². The highest BCUT2D eigenvalue weighted by molar-refractivity contribution is 6.31. The number of hydrogen-bond acceptors (Lipinski definition) is 3. The molecule has 1 aromatic carbocycles. The van der Waals surface area contributed by atoms with Crippen LogP contribution in [0.1, 0.15) is 24.5 Å². The van der Waals surface area contributed by atoms with Crippen LogP contribution in [0, 0.1) is 0 Å². The second-order valence-electron chi connectivity index (χ2n) is 4.33. The summed E-state index contributed by atoms with van der Waals surface area (Å²) in [5, 5.41) is 14.0. The third kappa shape index (κ3) is 3.68. The number of aliphatic hydroxyl groups is 1. The Hall–Kier alpha value is -0.610. The minimum Gasteiger partial charge on any atom is -0.387 e. The minimum atomic E-state index is -0.549. The number of rotatable bonds is 4. The molecule has 0 aromatic heterocycles. The summed E-state index contributed by atoms with van der Waals surface area (Å²) in [6, 6.07) is 7.86. The Kier molecular flexibility index (Phi) is 4.80. The Labute approximate surface area is 107 Å². The van der Waals surface area contributed by atoms with E-state index in [2.05, 4.69) is 5.32 Å². The smallest absolute Gasteiger partial charge is 0.0928 e. The molecule has 1 saturated heterocycles. The molecule has 1 unspecified atom stereocenters. The maximum atomic E-state index is 10.1. The quantitative estimate of drug-likeness (QED) is 0.866. The van der Waals surface area contributed by atoms with Crippen LogP contribution >= 0.6 is 11.6 Å². The van der Waals surface area contributed by atoms with Crippen molar-refractivity contribution in [3.8, 4) is 0 Å². The molecule has 2 N–H and O–H groups in total. The van der Waals surface area contributed by atoms with E-state index in [0.717, 1.165) is 31.6 Å². The lowest BCUT2D eigenvalue weighted by atomic mass is 10.1. The van der Waals surface area contributed by atoms with Crippen molar-refractivity contribution < 1.29 is 9.84 Å². The van der Waals surface area contributed by atoms with Gasteiger partial charge in [-0.25, -0.2) is 0 Å². The van der Waals surface area contributed by atoms with Gasteiger partial charge in [-0.15, -0.1) is 0 Å². The molecule has 0 aliphatic carbocycles. The van der Waals surface area contributed by atoms with Crippen molar-refractivity contribution in [1.82, 2.24) is 5.32 Å². The first-order valence-electron chi connectivity index (χ1n) is 6.01. The fourth-order valence-corrected chi connectivity index (χ4v) is 2.30. The summed E-state index contributed by atoms with van der Waals surface area (Å²) in [4.78, 5) is 0. The molecule has 1 atom stereocenters. The maximum absolute atomic E-state index is 10.1. The van der Waals surface area contributed by atoms with E-state index in [0.29, 0.717) is 17.6 Å². The lowest BCUT2D eigenvalue weighted by Gasteiger charge is -2.24. The maximum Gasteiger partial charge on any atom is 0.0928 e. The molecular formula is C13H18ClNO2. The number of halogens is 1. The summed E-state index contributed by atoms with van der Waals surface area (Å²) in [6.07, 6.45) is 1.47. The van der Waals surface area contributed by atoms with Gasteiger partial charge in [-0.05, 0) is 18.9 Å². The molecule has 3 nitrogen and oxygen atoms in total. The first kappa shape index (κ1) is 12.8. The molecule has 0 radical (unpaired) electrons. The first-order chi connectivity index (χ1) is 8.27. The van der Waals surface area contributed by atoms with Crippen LogP contribution in [-0.4, -0.2) is 30.9 Å². The van der Waals surface area contributed by atoms with E-state index < -0.39 is 6.10 Å². The van der Waals surface area contributed by atoms with Gasteiger partial charge in [-0.1, -0.05) is 29.8 Å². The van der Waals surface area contributed by atoms with Gasteiger partial charge in [0.05, 0.1) is 6.10 Å². The first-order valence-corrected chi connectivity index (χ1v) is 6.39. The summed E-state index contributed by atoms with van der Waals surface area (Å²) in [5.74, 6) is 0. The van der Waals surface area contributed by atoms with Crippen LogP contribution in [0.3, 0.4) is 0 Å². The predicted octanol–water partition coefficient (Wildman–Crippen LogP) is 2.14. The number of nitrogens with one attached hydrogen (secondary N) is 1. The Morgan fingerprint density at radius 2 is 2.06 bits per heavy atom. The van der Waals surface area contributed by atoms with Crippen molar-refractivity contribution in [3.63, 3.8) is 0 Å². The Balaban J connectivity index is 1.84. The molecule has 0 amide bonds. The zero-order valence-corrected chi connectivity index (χ0v) is 10.5. The molecule has 17 heavy (non-hydrogen) atoms. The van der Waals surface area contributed by atoms with Crippen LogP contribution < -0.4 is 5.32 Å². The van der Waals surface area contributed by atoms with E-state index in [1.165, 1.54) is 0 Å². The van der Waals surface area contributed by atoms with Crippen molar-refractivity contribution in [1.29, 1.82) is 0 Å². The highest BCUT2D eigenvalue weighted by atomic mass is 35.5. The SMILES string of the molecule is OC(CNC1CCOCC1)c1ccccc1Cl. The third-order valence-corrected chi connectivity index (χ3v) is 3.43. The van der Waals surface area contributed by atoms with Gasteiger partial charge in [0.15, 0.2) is 0 Å². The van der Waals surface area contributed by atoms with Crippen LogP contribution in [0.4, 0.5) is 0 Å². The highest BCUT2D eigenvalue weighted by Gasteiger charge is 2.16. The van der Waals surface area contributed by atoms with Crippen LogP contribution in [-0.2, 0) is 4.74 Å². The molecule has 0 bridgehead atoms. The van der Waals surface area contributed by atoms with Crippen molar-refractivity contribution in [3.05, 3.63) is 34.9 Å². The molecule has 1 aromatic rings. The van der Waals surface area contributed by atoms with Gasteiger partial charge in [0.1, 0.15) is 0 Å². The van der Waals surface area contributed by atoms with Crippen LogP contribution in [0.2, 0.25) is 5.02 Å². The Morgan fingerprint density at radius 3 is 2.76 bits per heavy atom. The van der Waals surface area contributed by atoms with Gasteiger partial charge >= 0.3 is 0 Å². The summed E-state index contributed by atoms with van der Waals surface area (Å²) in [6.45, 7) is 2.15. The van der Waals surface area contributed by atoms with Gasteiger partial charge in [0.2, 0.25) is 0 Å². The van der Waals surface area contributed by atoms with Gasteiger partial charge in [0.25, 0.3) is 0 Å². The molecule has 2 rings (SSSR count). The monoisotopic (exact) mass is 255 g/mol. The molecule has 0 saturated carbocycles. The van der Waals surface area contributed by atoms with E-state index >= 15 is 0 Å². The van der Waals surface area contributed by atoms with E-state index in [1.807, 2.05) is 18.2 Å². The molecule has 1 heterocycles. The van der Waals surface area contributed by atoms with E-state index in [4.69, 9.17) is 16.3 Å². The summed E-state index contributed by atoms with van der Waals surface area (Å²) < 4.78 is 5.29. The zero-order chi connectivity index (χ0) is 12.1. The normalized spacial score (nSPS) is 19.2. The van der Waals surface area contributed by atoms with Crippen molar-refractivity contribution in [2.75, 3.05) is 19.8 Å². The number of hydrogen-bond donors (Lipinski definition) is 2. The number of benzene rings is 1. The third-order valence-electron chi connectivity index (χ3n) is 3.09. The van der Waals surface area contributed by atoms with Crippen LogP contribution in [0.5, 0.6) is 0 Å². The van der Waals surface area contributed by atoms with E-state index in [1.54, 1.807) is 6.07 Å². The molecule has 1 aliphatic heterocycles. The minimum absolute atomic E-state index is 0.445. The number of aliphatic hydroxyl groups excluding tert-OH is 1. The summed E-state index contributed by atoms with van der Waals surface area (Å²) in [7, 11) is 0. The molecule has 1 fully saturated rings. The molecule has 0 spiro atoms.